The Kier molecular flexibility index (Phi) is 8.94. The van der Waals surface area contributed by atoms with Gasteiger partial charge in [0, 0.05) is 16.7 Å². The van der Waals surface area contributed by atoms with Gasteiger partial charge in [-0.1, -0.05) is 194 Å². The molecule has 0 bridgehead atoms. The molecule has 254 valence electrons. The van der Waals surface area contributed by atoms with E-state index in [0.29, 0.717) is 17.5 Å². The van der Waals surface area contributed by atoms with Crippen molar-refractivity contribution >= 4 is 0 Å². The number of rotatable bonds is 8. The Balaban J connectivity index is 1.16. The molecule has 1 aromatic heterocycles. The molecule has 0 aliphatic heterocycles. The molecule has 0 aliphatic carbocycles. The van der Waals surface area contributed by atoms with Crippen molar-refractivity contribution in [2.45, 2.75) is 0 Å². The molecule has 0 saturated carbocycles. The van der Waals surface area contributed by atoms with Crippen LogP contribution in [0.25, 0.3) is 89.8 Å². The van der Waals surface area contributed by atoms with E-state index in [4.69, 9.17) is 15.0 Å². The van der Waals surface area contributed by atoms with E-state index in [2.05, 4.69) is 188 Å². The summed E-state index contributed by atoms with van der Waals surface area (Å²) in [5.41, 5.74) is 14.2. The average molecular weight is 690 g/mol. The maximum atomic E-state index is 5.20. The van der Waals surface area contributed by atoms with E-state index in [9.17, 15) is 0 Å². The quantitative estimate of drug-likeness (QED) is 0.159. The van der Waals surface area contributed by atoms with E-state index in [0.717, 1.165) is 61.2 Å². The molecular formula is C51H35N3. The molecule has 0 aliphatic rings. The largest absolute Gasteiger partial charge is 0.208 e. The zero-order chi connectivity index (χ0) is 36.1. The number of nitrogens with zero attached hydrogens (tertiary/aromatic N) is 3. The van der Waals surface area contributed by atoms with Crippen molar-refractivity contribution in [3.63, 3.8) is 0 Å². The van der Waals surface area contributed by atoms with Crippen LogP contribution < -0.4 is 0 Å². The molecule has 8 aromatic carbocycles. The van der Waals surface area contributed by atoms with E-state index in [-0.39, 0.29) is 0 Å². The van der Waals surface area contributed by atoms with E-state index in [1.807, 2.05) is 24.3 Å². The maximum Gasteiger partial charge on any atom is 0.164 e. The third-order valence-electron chi connectivity index (χ3n) is 9.78. The Bertz CT molecular complexity index is 2660. The highest BCUT2D eigenvalue weighted by molar-refractivity contribution is 5.86. The van der Waals surface area contributed by atoms with Crippen molar-refractivity contribution in [2.75, 3.05) is 0 Å². The topological polar surface area (TPSA) is 38.7 Å². The molecule has 0 fully saturated rings. The van der Waals surface area contributed by atoms with Gasteiger partial charge in [-0.25, -0.2) is 15.0 Å². The number of aromatic nitrogens is 3. The van der Waals surface area contributed by atoms with Crippen LogP contribution in [0.4, 0.5) is 0 Å². The number of hydrogen-bond donors (Lipinski definition) is 0. The van der Waals surface area contributed by atoms with Gasteiger partial charge in [0.25, 0.3) is 0 Å². The molecular weight excluding hydrogens is 655 g/mol. The second-order valence-corrected chi connectivity index (χ2v) is 13.3. The Morgan fingerprint density at radius 2 is 0.519 bits per heavy atom. The van der Waals surface area contributed by atoms with Crippen LogP contribution in [0.5, 0.6) is 0 Å². The first-order valence-corrected chi connectivity index (χ1v) is 18.2. The van der Waals surface area contributed by atoms with Crippen molar-refractivity contribution in [3.8, 4) is 89.8 Å². The highest BCUT2D eigenvalue weighted by Gasteiger charge is 2.17. The van der Waals surface area contributed by atoms with Gasteiger partial charge >= 0.3 is 0 Å². The van der Waals surface area contributed by atoms with Crippen LogP contribution >= 0.6 is 0 Å². The normalized spacial score (nSPS) is 11.0. The molecule has 3 nitrogen and oxygen atoms in total. The summed E-state index contributed by atoms with van der Waals surface area (Å²) in [6.45, 7) is 0. The van der Waals surface area contributed by atoms with E-state index >= 15 is 0 Å². The van der Waals surface area contributed by atoms with Crippen LogP contribution in [0.3, 0.4) is 0 Å². The summed E-state index contributed by atoms with van der Waals surface area (Å²) in [7, 11) is 0. The molecule has 3 heteroatoms. The number of benzene rings is 8. The first kappa shape index (κ1) is 32.7. The van der Waals surface area contributed by atoms with Gasteiger partial charge in [-0.2, -0.15) is 0 Å². The zero-order valence-electron chi connectivity index (χ0n) is 29.5. The summed E-state index contributed by atoms with van der Waals surface area (Å²) in [6, 6.07) is 74.1. The monoisotopic (exact) mass is 689 g/mol. The lowest BCUT2D eigenvalue weighted by atomic mass is 9.94. The smallest absolute Gasteiger partial charge is 0.164 e. The summed E-state index contributed by atoms with van der Waals surface area (Å²) in [5.74, 6) is 1.87. The lowest BCUT2D eigenvalue weighted by Crippen LogP contribution is -2.01. The van der Waals surface area contributed by atoms with Crippen molar-refractivity contribution in [2.24, 2.45) is 0 Å². The summed E-state index contributed by atoms with van der Waals surface area (Å²) >= 11 is 0. The highest BCUT2D eigenvalue weighted by atomic mass is 15.0. The first-order chi connectivity index (χ1) is 26.7. The van der Waals surface area contributed by atoms with Crippen LogP contribution in [0, 0.1) is 0 Å². The summed E-state index contributed by atoms with van der Waals surface area (Å²) in [5, 5.41) is 0. The SMILES string of the molecule is c1ccc(-c2ccc(-c3ccc(-c4nc(-c5cccc(-c6ccccc6)c5)nc(-c5ccc(-c6ccccc6)cc5-c5ccccc5)n4)cc3)cc2)cc1. The molecule has 9 aromatic rings. The van der Waals surface area contributed by atoms with Gasteiger partial charge in [0.05, 0.1) is 0 Å². The lowest BCUT2D eigenvalue weighted by molar-refractivity contribution is 1.07. The minimum Gasteiger partial charge on any atom is -0.208 e. The van der Waals surface area contributed by atoms with Crippen molar-refractivity contribution in [1.29, 1.82) is 0 Å². The molecule has 54 heavy (non-hydrogen) atoms. The fourth-order valence-corrected chi connectivity index (χ4v) is 6.93. The van der Waals surface area contributed by atoms with Gasteiger partial charge in [0.1, 0.15) is 0 Å². The molecule has 0 saturated heterocycles. The van der Waals surface area contributed by atoms with Gasteiger partial charge in [0.2, 0.25) is 0 Å². The first-order valence-electron chi connectivity index (χ1n) is 18.2. The average Bonchev–Trinajstić information content (AvgIpc) is 3.27. The summed E-state index contributed by atoms with van der Waals surface area (Å²) < 4.78 is 0. The lowest BCUT2D eigenvalue weighted by Gasteiger charge is -2.14. The molecule has 0 spiro atoms. The Morgan fingerprint density at radius 1 is 0.185 bits per heavy atom. The molecule has 0 unspecified atom stereocenters. The third-order valence-corrected chi connectivity index (χ3v) is 9.78. The minimum absolute atomic E-state index is 0.622. The van der Waals surface area contributed by atoms with Crippen LogP contribution in [0.1, 0.15) is 0 Å². The van der Waals surface area contributed by atoms with Crippen LogP contribution in [0.2, 0.25) is 0 Å². The van der Waals surface area contributed by atoms with Crippen LogP contribution in [-0.4, -0.2) is 15.0 Å². The molecule has 0 radical (unpaired) electrons. The highest BCUT2D eigenvalue weighted by Crippen LogP contribution is 2.36. The standard InChI is InChI=1S/C51H35N3/c1-5-14-36(15-6-1)39-24-26-40(27-25-39)41-28-30-43(31-29-41)49-52-50(46-23-13-22-44(34-46)37-16-7-2-8-17-37)54-51(53-49)47-33-32-45(38-18-9-3-10-19-38)35-48(47)42-20-11-4-12-21-42/h1-35H. The summed E-state index contributed by atoms with van der Waals surface area (Å²) in [4.78, 5) is 15.5. The second-order valence-electron chi connectivity index (χ2n) is 13.3. The van der Waals surface area contributed by atoms with Crippen molar-refractivity contribution in [1.82, 2.24) is 15.0 Å². The van der Waals surface area contributed by atoms with Gasteiger partial charge in [-0.05, 0) is 73.8 Å². The fraction of sp³-hybridized carbons (Fsp3) is 0. The molecule has 0 atom stereocenters. The zero-order valence-corrected chi connectivity index (χ0v) is 29.5. The predicted molar refractivity (Wildman–Crippen MR) is 223 cm³/mol. The van der Waals surface area contributed by atoms with E-state index in [1.54, 1.807) is 0 Å². The maximum absolute atomic E-state index is 5.20. The van der Waals surface area contributed by atoms with Crippen LogP contribution in [0.15, 0.2) is 212 Å². The molecule has 0 amide bonds. The molecule has 0 N–H and O–H groups in total. The predicted octanol–water partition coefficient (Wildman–Crippen LogP) is 13.2. The van der Waals surface area contributed by atoms with Gasteiger partial charge in [0.15, 0.2) is 17.5 Å². The third kappa shape index (κ3) is 6.87. The Labute approximate surface area is 316 Å². The van der Waals surface area contributed by atoms with Gasteiger partial charge in [-0.3, -0.25) is 0 Å². The number of hydrogen-bond acceptors (Lipinski definition) is 3. The van der Waals surface area contributed by atoms with E-state index < -0.39 is 0 Å². The minimum atomic E-state index is 0.622. The molecule has 9 rings (SSSR count). The Morgan fingerprint density at radius 3 is 1.04 bits per heavy atom. The second kappa shape index (κ2) is 14.8. The summed E-state index contributed by atoms with van der Waals surface area (Å²) in [6.07, 6.45) is 0. The van der Waals surface area contributed by atoms with Gasteiger partial charge < -0.3 is 0 Å². The van der Waals surface area contributed by atoms with Gasteiger partial charge in [-0.15, -0.1) is 0 Å². The van der Waals surface area contributed by atoms with Crippen molar-refractivity contribution < 1.29 is 0 Å². The fourth-order valence-electron chi connectivity index (χ4n) is 6.93. The van der Waals surface area contributed by atoms with Crippen LogP contribution in [-0.2, 0) is 0 Å². The van der Waals surface area contributed by atoms with Crippen molar-refractivity contribution in [3.05, 3.63) is 212 Å². The molecule has 1 heterocycles. The van der Waals surface area contributed by atoms with E-state index in [1.165, 1.54) is 11.1 Å². The Hall–Kier alpha value is -7.23.